The first-order valence-corrected chi connectivity index (χ1v) is 5.88. The quantitative estimate of drug-likeness (QED) is 0.682. The van der Waals surface area contributed by atoms with Gasteiger partial charge in [0.2, 0.25) is 5.91 Å². The number of likely N-dealkylation sites (N-methyl/N-ethyl adjacent to an activating group) is 1. The summed E-state index contributed by atoms with van der Waals surface area (Å²) >= 11 is 0. The second-order valence-corrected chi connectivity index (χ2v) is 4.93. The number of likely N-dealkylation sites (tertiary alicyclic amines) is 1. The van der Waals surface area contributed by atoms with Gasteiger partial charge in [-0.05, 0) is 19.9 Å². The maximum atomic E-state index is 11.6. The van der Waals surface area contributed by atoms with Gasteiger partial charge in [-0.3, -0.25) is 4.79 Å². The molecule has 1 saturated heterocycles. The van der Waals surface area contributed by atoms with Crippen LogP contribution in [0.2, 0.25) is 0 Å². The minimum absolute atomic E-state index is 0.382. The van der Waals surface area contributed by atoms with Gasteiger partial charge in [-0.25, -0.2) is 0 Å². The molecule has 4 nitrogen and oxygen atoms in total. The van der Waals surface area contributed by atoms with E-state index in [1.807, 2.05) is 4.90 Å². The van der Waals surface area contributed by atoms with Crippen LogP contribution < -0.4 is 5.73 Å². The van der Waals surface area contributed by atoms with Gasteiger partial charge in [0.1, 0.15) is 0 Å². The summed E-state index contributed by atoms with van der Waals surface area (Å²) in [4.78, 5) is 15.9. The Morgan fingerprint density at radius 2 is 2.13 bits per heavy atom. The highest BCUT2D eigenvalue weighted by atomic mass is 16.2. The molecule has 15 heavy (non-hydrogen) atoms. The summed E-state index contributed by atoms with van der Waals surface area (Å²) in [5.74, 6) is 1.45. The van der Waals surface area contributed by atoms with Crippen LogP contribution in [-0.4, -0.2) is 55.5 Å². The Bertz CT molecular complexity index is 234. The maximum Gasteiger partial charge on any atom is 0.225 e. The third-order valence-electron chi connectivity index (χ3n) is 3.28. The largest absolute Gasteiger partial charge is 0.342 e. The Labute approximate surface area is 91.4 Å². The summed E-state index contributed by atoms with van der Waals surface area (Å²) in [6.45, 7) is 4.67. The van der Waals surface area contributed by atoms with E-state index in [1.54, 1.807) is 0 Å². The molecule has 2 aliphatic rings. The summed E-state index contributed by atoms with van der Waals surface area (Å²) in [5, 5.41) is 0. The normalized spacial score (nSPS) is 21.9. The fraction of sp³-hybridized carbons (Fsp3) is 0.909. The van der Waals surface area contributed by atoms with Crippen LogP contribution in [0.4, 0.5) is 0 Å². The van der Waals surface area contributed by atoms with E-state index in [2.05, 4.69) is 11.9 Å². The second-order valence-electron chi connectivity index (χ2n) is 4.93. The van der Waals surface area contributed by atoms with Crippen LogP contribution >= 0.6 is 0 Å². The summed E-state index contributed by atoms with van der Waals surface area (Å²) in [5.41, 5.74) is 5.48. The van der Waals surface area contributed by atoms with Gasteiger partial charge in [-0.2, -0.15) is 0 Å². The minimum Gasteiger partial charge on any atom is -0.342 e. The summed E-state index contributed by atoms with van der Waals surface area (Å²) in [7, 11) is 2.10. The van der Waals surface area contributed by atoms with Gasteiger partial charge in [0, 0.05) is 44.6 Å². The fourth-order valence-electron chi connectivity index (χ4n) is 2.21. The molecule has 0 unspecified atom stereocenters. The first-order chi connectivity index (χ1) is 7.20. The van der Waals surface area contributed by atoms with Crippen LogP contribution in [0.5, 0.6) is 0 Å². The molecular formula is C11H21N3O. The van der Waals surface area contributed by atoms with Gasteiger partial charge in [0.05, 0.1) is 0 Å². The van der Waals surface area contributed by atoms with Crippen molar-refractivity contribution in [2.45, 2.75) is 12.8 Å². The predicted octanol–water partition coefficient (Wildman–Crippen LogP) is -0.255. The van der Waals surface area contributed by atoms with E-state index in [4.69, 9.17) is 5.73 Å². The zero-order chi connectivity index (χ0) is 10.8. The molecule has 1 amide bonds. The topological polar surface area (TPSA) is 49.6 Å². The van der Waals surface area contributed by atoms with Gasteiger partial charge in [-0.15, -0.1) is 0 Å². The first-order valence-electron chi connectivity index (χ1n) is 5.88. The number of carbonyl (C=O) groups is 1. The number of carbonyl (C=O) groups excluding carboxylic acids is 1. The van der Waals surface area contributed by atoms with E-state index >= 15 is 0 Å². The zero-order valence-electron chi connectivity index (χ0n) is 9.48. The maximum absolute atomic E-state index is 11.6. The van der Waals surface area contributed by atoms with Crippen molar-refractivity contribution in [2.24, 2.45) is 17.6 Å². The summed E-state index contributed by atoms with van der Waals surface area (Å²) < 4.78 is 0. The zero-order valence-corrected chi connectivity index (χ0v) is 9.48. The van der Waals surface area contributed by atoms with E-state index in [0.29, 0.717) is 24.3 Å². The molecule has 2 rings (SSSR count). The number of rotatable bonds is 5. The number of nitrogens with zero attached hydrogens (tertiary/aromatic N) is 2. The summed E-state index contributed by atoms with van der Waals surface area (Å²) in [6, 6.07) is 0. The molecule has 1 saturated carbocycles. The van der Waals surface area contributed by atoms with Gasteiger partial charge in [0.25, 0.3) is 0 Å². The molecule has 0 spiro atoms. The van der Waals surface area contributed by atoms with Crippen molar-refractivity contribution in [1.29, 1.82) is 0 Å². The van der Waals surface area contributed by atoms with Gasteiger partial charge >= 0.3 is 0 Å². The lowest BCUT2D eigenvalue weighted by molar-refractivity contribution is -0.139. The second kappa shape index (κ2) is 4.49. The molecule has 0 aromatic carbocycles. The minimum atomic E-state index is 0.382. The molecule has 2 fully saturated rings. The Morgan fingerprint density at radius 1 is 1.47 bits per heavy atom. The van der Waals surface area contributed by atoms with Crippen molar-refractivity contribution in [3.8, 4) is 0 Å². The van der Waals surface area contributed by atoms with E-state index in [0.717, 1.165) is 39.0 Å². The molecule has 0 radical (unpaired) electrons. The molecule has 1 aliphatic heterocycles. The molecule has 1 aliphatic carbocycles. The van der Waals surface area contributed by atoms with Crippen molar-refractivity contribution in [2.75, 3.05) is 39.8 Å². The molecule has 0 aromatic rings. The number of hydrogen-bond acceptors (Lipinski definition) is 3. The smallest absolute Gasteiger partial charge is 0.225 e. The average molecular weight is 211 g/mol. The van der Waals surface area contributed by atoms with Crippen molar-refractivity contribution in [1.82, 2.24) is 9.80 Å². The highest BCUT2D eigenvalue weighted by molar-refractivity contribution is 5.81. The van der Waals surface area contributed by atoms with E-state index in [1.165, 1.54) is 0 Å². The molecule has 0 bridgehead atoms. The van der Waals surface area contributed by atoms with Crippen LogP contribution in [0.25, 0.3) is 0 Å². The number of amides is 1. The number of hydrogen-bond donors (Lipinski definition) is 1. The Morgan fingerprint density at radius 3 is 2.67 bits per heavy atom. The van der Waals surface area contributed by atoms with Crippen molar-refractivity contribution < 1.29 is 4.79 Å². The van der Waals surface area contributed by atoms with Crippen molar-refractivity contribution in [3.05, 3.63) is 0 Å². The van der Waals surface area contributed by atoms with Crippen LogP contribution in [0.1, 0.15) is 12.8 Å². The standard InChI is InChI=1S/C11H21N3O/c1-13(5-4-12)6-9-7-14(8-9)11(15)10-2-3-10/h9-10H,2-8,12H2,1H3. The average Bonchev–Trinajstić information content (AvgIpc) is 2.93. The summed E-state index contributed by atoms with van der Waals surface area (Å²) in [6.07, 6.45) is 2.24. The van der Waals surface area contributed by atoms with Crippen LogP contribution in [0, 0.1) is 11.8 Å². The molecule has 4 heteroatoms. The van der Waals surface area contributed by atoms with Crippen molar-refractivity contribution in [3.63, 3.8) is 0 Å². The Hall–Kier alpha value is -0.610. The van der Waals surface area contributed by atoms with Gasteiger partial charge in [0.15, 0.2) is 0 Å². The van der Waals surface area contributed by atoms with Gasteiger partial charge < -0.3 is 15.5 Å². The Kier molecular flexibility index (Phi) is 3.26. The molecule has 0 atom stereocenters. The van der Waals surface area contributed by atoms with Crippen LogP contribution in [0.3, 0.4) is 0 Å². The van der Waals surface area contributed by atoms with Crippen LogP contribution in [0.15, 0.2) is 0 Å². The van der Waals surface area contributed by atoms with Crippen molar-refractivity contribution >= 4 is 5.91 Å². The van der Waals surface area contributed by atoms with Gasteiger partial charge in [-0.1, -0.05) is 0 Å². The first kappa shape index (κ1) is 10.9. The third-order valence-corrected chi connectivity index (χ3v) is 3.28. The fourth-order valence-corrected chi connectivity index (χ4v) is 2.21. The SMILES string of the molecule is CN(CCN)CC1CN(C(=O)C2CC2)C1. The lowest BCUT2D eigenvalue weighted by Crippen LogP contribution is -2.54. The van der Waals surface area contributed by atoms with E-state index in [9.17, 15) is 4.79 Å². The van der Waals surface area contributed by atoms with E-state index < -0.39 is 0 Å². The lowest BCUT2D eigenvalue weighted by Gasteiger charge is -2.41. The molecule has 86 valence electrons. The molecule has 0 aromatic heterocycles. The Balaban J connectivity index is 1.62. The predicted molar refractivity (Wildman–Crippen MR) is 59.3 cm³/mol. The monoisotopic (exact) mass is 211 g/mol. The molecule has 2 N–H and O–H groups in total. The molecular weight excluding hydrogens is 190 g/mol. The third kappa shape index (κ3) is 2.69. The highest BCUT2D eigenvalue weighted by Gasteiger charge is 2.39. The molecule has 1 heterocycles. The highest BCUT2D eigenvalue weighted by Crippen LogP contribution is 2.33. The van der Waals surface area contributed by atoms with E-state index in [-0.39, 0.29) is 0 Å². The lowest BCUT2D eigenvalue weighted by atomic mass is 9.99. The van der Waals surface area contributed by atoms with Crippen LogP contribution in [-0.2, 0) is 4.79 Å². The number of nitrogens with two attached hydrogens (primary N) is 1.